The smallest absolute Gasteiger partial charge is 0.410 e. The molecule has 0 aliphatic carbocycles. The molecule has 8 nitrogen and oxygen atoms in total. The van der Waals surface area contributed by atoms with Crippen molar-refractivity contribution in [1.29, 1.82) is 0 Å². The number of sulfonamides is 1. The highest BCUT2D eigenvalue weighted by atomic mass is 32.2. The Balaban J connectivity index is 1.61. The van der Waals surface area contributed by atoms with Gasteiger partial charge in [-0.1, -0.05) is 24.3 Å². The average Bonchev–Trinajstić information content (AvgIpc) is 2.72. The number of benzene rings is 1. The van der Waals surface area contributed by atoms with Gasteiger partial charge in [0.1, 0.15) is 5.60 Å². The van der Waals surface area contributed by atoms with Crippen LogP contribution in [0.4, 0.5) is 4.79 Å². The van der Waals surface area contributed by atoms with E-state index in [9.17, 15) is 18.0 Å². The molecule has 32 heavy (non-hydrogen) atoms. The van der Waals surface area contributed by atoms with E-state index in [0.29, 0.717) is 32.4 Å². The number of hydrogen-bond acceptors (Lipinski definition) is 5. The summed E-state index contributed by atoms with van der Waals surface area (Å²) in [5.41, 5.74) is 2.29. The molecule has 2 heterocycles. The molecule has 0 spiro atoms. The topological polar surface area (TPSA) is 97.7 Å². The molecule has 174 valence electrons. The van der Waals surface area contributed by atoms with E-state index in [1.165, 1.54) is 0 Å². The van der Waals surface area contributed by atoms with Gasteiger partial charge in [0.2, 0.25) is 15.6 Å². The van der Waals surface area contributed by atoms with Gasteiger partial charge in [0.05, 0.1) is 12.3 Å². The molecule has 0 radical (unpaired) electrons. The highest BCUT2D eigenvalue weighted by molar-refractivity contribution is 7.88. The Bertz CT molecular complexity index is 1130. The predicted molar refractivity (Wildman–Crippen MR) is 124 cm³/mol. The molecule has 1 fully saturated rings. The van der Waals surface area contributed by atoms with Gasteiger partial charge in [-0.2, -0.15) is 0 Å². The maximum atomic E-state index is 12.7. The number of nitrogens with one attached hydrogen (secondary N) is 1. The number of rotatable bonds is 8. The molecule has 1 aliphatic heterocycles. The fourth-order valence-corrected chi connectivity index (χ4v) is 4.43. The minimum atomic E-state index is -3.21. The van der Waals surface area contributed by atoms with Gasteiger partial charge in [-0.05, 0) is 49.4 Å². The lowest BCUT2D eigenvalue weighted by atomic mass is 9.93. The number of amides is 1. The van der Waals surface area contributed by atoms with Crippen LogP contribution in [0.1, 0.15) is 44.7 Å². The van der Waals surface area contributed by atoms with Gasteiger partial charge in [0, 0.05) is 38.8 Å². The van der Waals surface area contributed by atoms with E-state index in [0.717, 1.165) is 22.9 Å². The SMILES string of the molecule is C[C@@H](c1ccc(-c2ccc(=O)n(C)c2)cc1)N1CC[C@@](C)(CCCNS(C)(=O)=O)OC1=O. The molecule has 1 aromatic heterocycles. The second-order valence-electron chi connectivity index (χ2n) is 8.70. The van der Waals surface area contributed by atoms with Crippen LogP contribution in [0.3, 0.4) is 0 Å². The number of pyridine rings is 1. The first-order chi connectivity index (χ1) is 15.0. The normalized spacial score (nSPS) is 20.1. The Morgan fingerprint density at radius 2 is 1.78 bits per heavy atom. The Morgan fingerprint density at radius 3 is 2.38 bits per heavy atom. The fourth-order valence-electron chi connectivity index (χ4n) is 3.92. The van der Waals surface area contributed by atoms with Crippen LogP contribution >= 0.6 is 0 Å². The van der Waals surface area contributed by atoms with Crippen LogP contribution in [0.5, 0.6) is 0 Å². The average molecular weight is 462 g/mol. The highest BCUT2D eigenvalue weighted by Crippen LogP contribution is 2.33. The Hall–Kier alpha value is -2.65. The second-order valence-corrected chi connectivity index (χ2v) is 10.5. The van der Waals surface area contributed by atoms with Gasteiger partial charge in [-0.15, -0.1) is 0 Å². The molecule has 0 saturated carbocycles. The third kappa shape index (κ3) is 5.98. The minimum Gasteiger partial charge on any atom is -0.443 e. The summed E-state index contributed by atoms with van der Waals surface area (Å²) >= 11 is 0. The first-order valence-corrected chi connectivity index (χ1v) is 12.6. The number of hydrogen-bond donors (Lipinski definition) is 1. The Kier molecular flexibility index (Phi) is 7.09. The molecule has 2 aromatic rings. The van der Waals surface area contributed by atoms with E-state index < -0.39 is 15.6 Å². The van der Waals surface area contributed by atoms with Crippen molar-refractivity contribution in [3.05, 3.63) is 58.5 Å². The van der Waals surface area contributed by atoms with Crippen molar-refractivity contribution in [3.8, 4) is 11.1 Å². The number of aromatic nitrogens is 1. The van der Waals surface area contributed by atoms with Crippen molar-refractivity contribution in [3.63, 3.8) is 0 Å². The largest absolute Gasteiger partial charge is 0.443 e. The van der Waals surface area contributed by atoms with Gasteiger partial charge in [-0.3, -0.25) is 4.79 Å². The summed E-state index contributed by atoms with van der Waals surface area (Å²) in [6.07, 6.45) is 4.44. The van der Waals surface area contributed by atoms with Crippen molar-refractivity contribution >= 4 is 16.1 Å². The van der Waals surface area contributed by atoms with Gasteiger partial charge in [0.25, 0.3) is 0 Å². The van der Waals surface area contributed by atoms with Crippen LogP contribution in [-0.2, 0) is 21.8 Å². The van der Waals surface area contributed by atoms with Crippen LogP contribution in [0.25, 0.3) is 11.1 Å². The summed E-state index contributed by atoms with van der Waals surface area (Å²) in [7, 11) is -1.49. The number of aryl methyl sites for hydroxylation is 1. The monoisotopic (exact) mass is 461 g/mol. The van der Waals surface area contributed by atoms with Gasteiger partial charge in [0.15, 0.2) is 0 Å². The molecule has 1 saturated heterocycles. The molecule has 9 heteroatoms. The number of ether oxygens (including phenoxy) is 1. The van der Waals surface area contributed by atoms with E-state index in [2.05, 4.69) is 4.72 Å². The molecule has 1 amide bonds. The fraction of sp³-hybridized carbons (Fsp3) is 0.478. The standard InChI is InChI=1S/C23H31N3O5S/c1-17(18-6-8-19(9-7-18)20-10-11-21(27)25(3)16-20)26-15-13-23(2,31-22(26)28)12-5-14-24-32(4,29)30/h6-11,16-17,24H,5,12-15H2,1-4H3/t17-,23+/m0/s1. The van der Waals surface area contributed by atoms with Gasteiger partial charge in [-0.25, -0.2) is 17.9 Å². The highest BCUT2D eigenvalue weighted by Gasteiger charge is 2.38. The van der Waals surface area contributed by atoms with E-state index >= 15 is 0 Å². The molecule has 0 bridgehead atoms. The predicted octanol–water partition coefficient (Wildman–Crippen LogP) is 3.04. The van der Waals surface area contributed by atoms with Crippen LogP contribution in [-0.4, -0.2) is 48.9 Å². The summed E-state index contributed by atoms with van der Waals surface area (Å²) in [5.74, 6) is 0. The van der Waals surface area contributed by atoms with Crippen molar-refractivity contribution in [2.75, 3.05) is 19.3 Å². The molecule has 3 rings (SSSR count). The van der Waals surface area contributed by atoms with Crippen LogP contribution in [0, 0.1) is 0 Å². The zero-order valence-corrected chi connectivity index (χ0v) is 19.8. The van der Waals surface area contributed by atoms with Crippen molar-refractivity contribution < 1.29 is 17.9 Å². The summed E-state index contributed by atoms with van der Waals surface area (Å²) < 4.78 is 32.1. The third-order valence-corrected chi connectivity index (χ3v) is 6.70. The lowest BCUT2D eigenvalue weighted by Gasteiger charge is -2.41. The van der Waals surface area contributed by atoms with Crippen LogP contribution in [0.2, 0.25) is 0 Å². The molecule has 1 aliphatic rings. The zero-order valence-electron chi connectivity index (χ0n) is 19.0. The van der Waals surface area contributed by atoms with E-state index in [-0.39, 0.29) is 17.7 Å². The molecule has 1 N–H and O–H groups in total. The first kappa shape index (κ1) is 24.0. The van der Waals surface area contributed by atoms with E-state index in [1.54, 1.807) is 34.8 Å². The van der Waals surface area contributed by atoms with Crippen LogP contribution in [0.15, 0.2) is 47.4 Å². The quantitative estimate of drug-likeness (QED) is 0.610. The number of carbonyl (C=O) groups excluding carboxylic acids is 1. The Labute approximate surface area is 189 Å². The second kappa shape index (κ2) is 9.46. The lowest BCUT2D eigenvalue weighted by molar-refractivity contribution is -0.0503. The zero-order chi connectivity index (χ0) is 23.5. The summed E-state index contributed by atoms with van der Waals surface area (Å²) in [6.45, 7) is 4.77. The number of nitrogens with zero attached hydrogens (tertiary/aromatic N) is 2. The minimum absolute atomic E-state index is 0.0544. The molecule has 1 aromatic carbocycles. The number of cyclic esters (lactones) is 1. The van der Waals surface area contributed by atoms with E-state index in [1.807, 2.05) is 38.1 Å². The van der Waals surface area contributed by atoms with Crippen molar-refractivity contribution in [2.24, 2.45) is 7.05 Å². The maximum absolute atomic E-state index is 12.7. The van der Waals surface area contributed by atoms with Gasteiger partial charge >= 0.3 is 6.09 Å². The molecule has 2 atom stereocenters. The first-order valence-electron chi connectivity index (χ1n) is 10.7. The molecular weight excluding hydrogens is 430 g/mol. The van der Waals surface area contributed by atoms with Gasteiger partial charge < -0.3 is 14.2 Å². The summed E-state index contributed by atoms with van der Waals surface area (Å²) in [6, 6.07) is 11.2. The van der Waals surface area contributed by atoms with Crippen molar-refractivity contribution in [1.82, 2.24) is 14.2 Å². The summed E-state index contributed by atoms with van der Waals surface area (Å²) in [5, 5.41) is 0. The number of carbonyl (C=O) groups is 1. The lowest BCUT2D eigenvalue weighted by Crippen LogP contribution is -2.49. The van der Waals surface area contributed by atoms with E-state index in [4.69, 9.17) is 4.74 Å². The van der Waals surface area contributed by atoms with Crippen molar-refractivity contribution in [2.45, 2.75) is 44.8 Å². The third-order valence-electron chi connectivity index (χ3n) is 5.98. The molecular formula is C23H31N3O5S. The molecule has 0 unspecified atom stereocenters. The summed E-state index contributed by atoms with van der Waals surface area (Å²) in [4.78, 5) is 26.1. The maximum Gasteiger partial charge on any atom is 0.410 e. The van der Waals surface area contributed by atoms with Crippen LogP contribution < -0.4 is 10.3 Å². The Morgan fingerprint density at radius 1 is 1.12 bits per heavy atom.